The van der Waals surface area contributed by atoms with E-state index < -0.39 is 0 Å². The molecular formula is C22H35N2+. The fraction of sp³-hybridized carbons (Fsp3) is 0.682. The minimum absolute atomic E-state index is 0.569. The van der Waals surface area contributed by atoms with E-state index in [1.165, 1.54) is 62.0 Å². The second-order valence-corrected chi connectivity index (χ2v) is 8.40. The molecule has 1 aromatic carbocycles. The van der Waals surface area contributed by atoms with Crippen LogP contribution in [0.5, 0.6) is 0 Å². The average Bonchev–Trinajstić information content (AvgIpc) is 3.03. The van der Waals surface area contributed by atoms with Gasteiger partial charge in [0.15, 0.2) is 0 Å². The van der Waals surface area contributed by atoms with E-state index in [4.69, 9.17) is 0 Å². The standard InChI is InChI=1S/C22H35N2/c1-17(2)20-11-8-12-21(18(3)4)22(20)24-14-13-23(16-24)15-19-9-6-5-7-10-19/h8,11-12,16-19H,5-7,9-10,13-15H2,1-4H3/q+1. The van der Waals surface area contributed by atoms with Gasteiger partial charge in [0.05, 0.1) is 6.54 Å². The number of rotatable bonds is 5. The van der Waals surface area contributed by atoms with Crippen molar-refractivity contribution in [3.63, 3.8) is 0 Å². The van der Waals surface area contributed by atoms with Gasteiger partial charge in [0, 0.05) is 11.1 Å². The van der Waals surface area contributed by atoms with Crippen molar-refractivity contribution in [3.05, 3.63) is 29.3 Å². The summed E-state index contributed by atoms with van der Waals surface area (Å²) in [6.45, 7) is 12.9. The molecule has 0 bridgehead atoms. The number of nitrogens with zero attached hydrogens (tertiary/aromatic N) is 2. The zero-order chi connectivity index (χ0) is 17.1. The molecule has 2 aliphatic rings. The van der Waals surface area contributed by atoms with Crippen LogP contribution in [0.25, 0.3) is 0 Å². The van der Waals surface area contributed by atoms with Crippen LogP contribution in [0.1, 0.15) is 82.8 Å². The molecule has 2 nitrogen and oxygen atoms in total. The Hall–Kier alpha value is -1.31. The number of benzene rings is 1. The molecule has 0 amide bonds. The Bertz CT molecular complexity index is 553. The van der Waals surface area contributed by atoms with Crippen molar-refractivity contribution in [1.29, 1.82) is 0 Å². The first-order valence-electron chi connectivity index (χ1n) is 10.0. The molecule has 0 aromatic heterocycles. The number of hydrogen-bond donors (Lipinski definition) is 0. The lowest BCUT2D eigenvalue weighted by Gasteiger charge is -2.21. The molecule has 1 aliphatic heterocycles. The first-order chi connectivity index (χ1) is 11.6. The fourth-order valence-electron chi connectivity index (χ4n) is 4.40. The second kappa shape index (κ2) is 7.72. The smallest absolute Gasteiger partial charge is 0.239 e. The molecule has 0 radical (unpaired) electrons. The van der Waals surface area contributed by atoms with Gasteiger partial charge in [-0.25, -0.2) is 4.90 Å². The molecule has 0 spiro atoms. The summed E-state index contributed by atoms with van der Waals surface area (Å²) >= 11 is 0. The third-order valence-corrected chi connectivity index (χ3v) is 5.78. The number of anilines is 1. The van der Waals surface area contributed by atoms with E-state index in [1.807, 2.05) is 0 Å². The molecule has 3 rings (SSSR count). The topological polar surface area (TPSA) is 6.25 Å². The van der Waals surface area contributed by atoms with E-state index in [0.717, 1.165) is 12.5 Å². The maximum absolute atomic E-state index is 2.58. The van der Waals surface area contributed by atoms with Gasteiger partial charge >= 0.3 is 0 Å². The molecule has 0 unspecified atom stereocenters. The van der Waals surface area contributed by atoms with Gasteiger partial charge in [-0.1, -0.05) is 65.2 Å². The molecule has 1 fully saturated rings. The highest BCUT2D eigenvalue weighted by molar-refractivity contribution is 5.81. The lowest BCUT2D eigenvalue weighted by molar-refractivity contribution is -0.521. The highest BCUT2D eigenvalue weighted by Crippen LogP contribution is 2.35. The molecular weight excluding hydrogens is 292 g/mol. The van der Waals surface area contributed by atoms with Crippen LogP contribution in [0, 0.1) is 5.92 Å². The Morgan fingerprint density at radius 1 is 1.00 bits per heavy atom. The first kappa shape index (κ1) is 17.5. The molecule has 0 saturated heterocycles. The van der Waals surface area contributed by atoms with E-state index >= 15 is 0 Å². The summed E-state index contributed by atoms with van der Waals surface area (Å²) in [7, 11) is 0. The Balaban J connectivity index is 1.83. The van der Waals surface area contributed by atoms with Gasteiger partial charge in [-0.3, -0.25) is 4.58 Å². The van der Waals surface area contributed by atoms with E-state index in [2.05, 4.69) is 61.7 Å². The fourth-order valence-corrected chi connectivity index (χ4v) is 4.40. The zero-order valence-corrected chi connectivity index (χ0v) is 16.1. The van der Waals surface area contributed by atoms with Crippen molar-refractivity contribution < 1.29 is 4.58 Å². The summed E-state index contributed by atoms with van der Waals surface area (Å²) in [6, 6.07) is 6.89. The van der Waals surface area contributed by atoms with Crippen molar-refractivity contribution in [2.24, 2.45) is 5.92 Å². The maximum atomic E-state index is 2.58. The predicted octanol–water partition coefficient (Wildman–Crippen LogP) is 5.37. The summed E-state index contributed by atoms with van der Waals surface area (Å²) in [5, 5.41) is 0. The lowest BCUT2D eigenvalue weighted by Crippen LogP contribution is -2.23. The second-order valence-electron chi connectivity index (χ2n) is 8.40. The average molecular weight is 328 g/mol. The van der Waals surface area contributed by atoms with Gasteiger partial charge in [0.1, 0.15) is 18.8 Å². The van der Waals surface area contributed by atoms with Crippen LogP contribution in [-0.4, -0.2) is 30.5 Å². The summed E-state index contributed by atoms with van der Waals surface area (Å²) in [5.74, 6) is 2.05. The molecule has 1 aromatic rings. The monoisotopic (exact) mass is 327 g/mol. The van der Waals surface area contributed by atoms with Gasteiger partial charge in [0.25, 0.3) is 0 Å². The first-order valence-corrected chi connectivity index (χ1v) is 10.0. The highest BCUT2D eigenvalue weighted by atomic mass is 15.3. The van der Waals surface area contributed by atoms with Crippen LogP contribution in [0.15, 0.2) is 18.2 Å². The summed E-state index contributed by atoms with van der Waals surface area (Å²) in [6.07, 6.45) is 9.62. The van der Waals surface area contributed by atoms with Crippen molar-refractivity contribution in [2.45, 2.75) is 71.6 Å². The summed E-state index contributed by atoms with van der Waals surface area (Å²) < 4.78 is 2.58. The van der Waals surface area contributed by atoms with E-state index in [1.54, 1.807) is 0 Å². The van der Waals surface area contributed by atoms with E-state index in [9.17, 15) is 0 Å². The predicted molar refractivity (Wildman–Crippen MR) is 105 cm³/mol. The van der Waals surface area contributed by atoms with Crippen molar-refractivity contribution >= 4 is 12.0 Å². The van der Waals surface area contributed by atoms with Gasteiger partial charge in [0.2, 0.25) is 6.34 Å². The molecule has 1 saturated carbocycles. The maximum Gasteiger partial charge on any atom is 0.239 e. The molecule has 0 atom stereocenters. The molecule has 1 heterocycles. The number of para-hydroxylation sites is 1. The van der Waals surface area contributed by atoms with E-state index in [-0.39, 0.29) is 0 Å². The lowest BCUT2D eigenvalue weighted by atomic mass is 9.89. The van der Waals surface area contributed by atoms with Gasteiger partial charge < -0.3 is 0 Å². The molecule has 24 heavy (non-hydrogen) atoms. The molecule has 0 N–H and O–H groups in total. The third-order valence-electron chi connectivity index (χ3n) is 5.78. The van der Waals surface area contributed by atoms with Crippen LogP contribution in [0.2, 0.25) is 0 Å². The Labute approximate surface area is 148 Å². The van der Waals surface area contributed by atoms with Crippen molar-refractivity contribution in [3.8, 4) is 0 Å². The summed E-state index contributed by atoms with van der Waals surface area (Å²) in [5.41, 5.74) is 4.47. The molecule has 2 heteroatoms. The minimum atomic E-state index is 0.569. The molecule has 132 valence electrons. The highest BCUT2D eigenvalue weighted by Gasteiger charge is 2.29. The van der Waals surface area contributed by atoms with Crippen molar-refractivity contribution in [2.75, 3.05) is 24.5 Å². The summed E-state index contributed by atoms with van der Waals surface area (Å²) in [4.78, 5) is 2.54. The number of hydrogen-bond acceptors (Lipinski definition) is 1. The van der Waals surface area contributed by atoms with Crippen LogP contribution in [0.3, 0.4) is 0 Å². The van der Waals surface area contributed by atoms with E-state index in [0.29, 0.717) is 11.8 Å². The normalized spacial score (nSPS) is 19.4. The van der Waals surface area contributed by atoms with Crippen LogP contribution >= 0.6 is 0 Å². The van der Waals surface area contributed by atoms with Crippen LogP contribution < -0.4 is 4.90 Å². The van der Waals surface area contributed by atoms with Crippen LogP contribution in [0.4, 0.5) is 5.69 Å². The van der Waals surface area contributed by atoms with Crippen molar-refractivity contribution in [1.82, 2.24) is 0 Å². The zero-order valence-electron chi connectivity index (χ0n) is 16.1. The van der Waals surface area contributed by atoms with Gasteiger partial charge in [-0.2, -0.15) is 0 Å². The largest absolute Gasteiger partial charge is 0.264 e. The minimum Gasteiger partial charge on any atom is -0.264 e. The van der Waals surface area contributed by atoms with Crippen LogP contribution in [-0.2, 0) is 0 Å². The SMILES string of the molecule is CC(C)c1cccc(C(C)C)c1N1C=[N+](CC2CCCCC2)CC1. The third kappa shape index (κ3) is 3.84. The van der Waals surface area contributed by atoms with Gasteiger partial charge in [-0.15, -0.1) is 0 Å². The Morgan fingerprint density at radius 2 is 1.62 bits per heavy atom. The Kier molecular flexibility index (Phi) is 5.63. The molecule has 1 aliphatic carbocycles. The van der Waals surface area contributed by atoms with Gasteiger partial charge in [-0.05, 0) is 30.6 Å². The quantitative estimate of drug-likeness (QED) is 0.659. The Morgan fingerprint density at radius 3 is 2.21 bits per heavy atom.